The lowest BCUT2D eigenvalue weighted by Gasteiger charge is -2.16. The highest BCUT2D eigenvalue weighted by Crippen LogP contribution is 2.29. The summed E-state index contributed by atoms with van der Waals surface area (Å²) in [6.07, 6.45) is -0.436. The zero-order chi connectivity index (χ0) is 20.8. The van der Waals surface area contributed by atoms with Gasteiger partial charge in [-0.15, -0.1) is 0 Å². The Balaban J connectivity index is 2.32. The van der Waals surface area contributed by atoms with E-state index >= 15 is 0 Å². The molecule has 2 N–H and O–H groups in total. The summed E-state index contributed by atoms with van der Waals surface area (Å²) in [6.45, 7) is 0. The van der Waals surface area contributed by atoms with Crippen LogP contribution in [0.1, 0.15) is 11.1 Å². The highest BCUT2D eigenvalue weighted by atomic mass is 16.6. The Bertz CT molecular complexity index is 799. The van der Waals surface area contributed by atoms with Crippen molar-refractivity contribution in [3.05, 3.63) is 67.8 Å². The molecule has 0 saturated carbocycles. The van der Waals surface area contributed by atoms with Gasteiger partial charge in [0.2, 0.25) is 0 Å². The van der Waals surface area contributed by atoms with Crippen molar-refractivity contribution in [3.8, 4) is 23.0 Å². The van der Waals surface area contributed by atoms with Crippen LogP contribution in [0.5, 0.6) is 23.0 Å². The van der Waals surface area contributed by atoms with Crippen molar-refractivity contribution in [2.45, 2.75) is 24.9 Å². The van der Waals surface area contributed by atoms with Gasteiger partial charge in [0.15, 0.2) is 23.0 Å². The predicted molar refractivity (Wildman–Crippen MR) is 98.3 cm³/mol. The molecule has 2 aromatic rings. The molecule has 2 rings (SSSR count). The van der Waals surface area contributed by atoms with E-state index in [1.54, 1.807) is 0 Å². The third-order valence-corrected chi connectivity index (χ3v) is 4.36. The molecule has 0 aliphatic rings. The second-order valence-electron chi connectivity index (χ2n) is 6.13. The molecule has 0 aliphatic carbocycles. The number of aromatic hydroxyl groups is 2. The number of rotatable bonds is 9. The van der Waals surface area contributed by atoms with Crippen molar-refractivity contribution < 1.29 is 29.5 Å². The molecular weight excluding hydrogens is 372 g/mol. The van der Waals surface area contributed by atoms with Crippen molar-refractivity contribution in [2.75, 3.05) is 14.2 Å². The van der Waals surface area contributed by atoms with E-state index in [1.165, 1.54) is 50.6 Å². The first-order chi connectivity index (χ1) is 13.3. The third kappa shape index (κ3) is 4.78. The fraction of sp³-hybridized carbons (Fsp3) is 0.333. The summed E-state index contributed by atoms with van der Waals surface area (Å²) in [7, 11) is 2.67. The van der Waals surface area contributed by atoms with Crippen molar-refractivity contribution in [1.82, 2.24) is 0 Å². The van der Waals surface area contributed by atoms with Crippen LogP contribution in [0, 0.1) is 20.2 Å². The Kier molecular flexibility index (Phi) is 6.59. The van der Waals surface area contributed by atoms with Gasteiger partial charge in [-0.3, -0.25) is 20.2 Å². The minimum atomic E-state index is -1.51. The molecule has 0 heterocycles. The van der Waals surface area contributed by atoms with E-state index < -0.39 is 21.9 Å². The Morgan fingerprint density at radius 3 is 1.46 bits per heavy atom. The summed E-state index contributed by atoms with van der Waals surface area (Å²) in [5.74, 6) is -0.0159. The van der Waals surface area contributed by atoms with Crippen LogP contribution in [0.25, 0.3) is 0 Å². The predicted octanol–water partition coefficient (Wildman–Crippen LogP) is 2.19. The van der Waals surface area contributed by atoms with Crippen LogP contribution >= 0.6 is 0 Å². The van der Waals surface area contributed by atoms with Gasteiger partial charge in [-0.05, 0) is 35.4 Å². The van der Waals surface area contributed by atoms with Gasteiger partial charge >= 0.3 is 0 Å². The average Bonchev–Trinajstić information content (AvgIpc) is 2.66. The lowest BCUT2D eigenvalue weighted by atomic mass is 9.94. The van der Waals surface area contributed by atoms with Gasteiger partial charge in [-0.25, -0.2) is 0 Å². The maximum absolute atomic E-state index is 11.6. The highest BCUT2D eigenvalue weighted by Gasteiger charge is 2.41. The highest BCUT2D eigenvalue weighted by molar-refractivity contribution is 5.43. The average molecular weight is 392 g/mol. The molecule has 0 amide bonds. The molecule has 10 nitrogen and oxygen atoms in total. The first-order valence-corrected chi connectivity index (χ1v) is 8.25. The third-order valence-electron chi connectivity index (χ3n) is 4.36. The smallest absolute Gasteiger partial charge is 0.283 e. The van der Waals surface area contributed by atoms with E-state index in [1.807, 2.05) is 0 Å². The van der Waals surface area contributed by atoms with Crippen LogP contribution in [0.2, 0.25) is 0 Å². The minimum Gasteiger partial charge on any atom is -0.504 e. The molecule has 0 fully saturated rings. The number of methoxy groups -OCH3 is 2. The monoisotopic (exact) mass is 392 g/mol. The van der Waals surface area contributed by atoms with E-state index in [4.69, 9.17) is 9.47 Å². The maximum Gasteiger partial charge on any atom is 0.283 e. The van der Waals surface area contributed by atoms with Gasteiger partial charge in [-0.2, -0.15) is 0 Å². The Labute approximate surface area is 160 Å². The standard InChI is InChI=1S/C18H20N2O8/c1-27-17-9-11(3-5-15(17)21)7-13(19(23)24)14(20(25)26)8-12-4-6-16(22)18(10-12)28-2/h3-6,9-10,13-14,21-22H,7-8H2,1-2H3. The number of nitrogens with zero attached hydrogens (tertiary/aromatic N) is 2. The van der Waals surface area contributed by atoms with Crippen molar-refractivity contribution >= 4 is 0 Å². The summed E-state index contributed by atoms with van der Waals surface area (Å²) < 4.78 is 9.95. The quantitative estimate of drug-likeness (QED) is 0.488. The Morgan fingerprint density at radius 2 is 1.18 bits per heavy atom. The minimum absolute atomic E-state index is 0.125. The van der Waals surface area contributed by atoms with Crippen molar-refractivity contribution in [1.29, 1.82) is 0 Å². The summed E-state index contributed by atoms with van der Waals surface area (Å²) in [6, 6.07) is 5.34. The van der Waals surface area contributed by atoms with Crippen LogP contribution in [0.4, 0.5) is 0 Å². The zero-order valence-electron chi connectivity index (χ0n) is 15.3. The number of hydrogen-bond acceptors (Lipinski definition) is 8. The van der Waals surface area contributed by atoms with Gasteiger partial charge in [0, 0.05) is 22.7 Å². The van der Waals surface area contributed by atoms with Crippen LogP contribution < -0.4 is 9.47 Å². The largest absolute Gasteiger partial charge is 0.504 e. The molecular formula is C18H20N2O8. The van der Waals surface area contributed by atoms with Gasteiger partial charge in [-0.1, -0.05) is 12.1 Å². The molecule has 0 aromatic heterocycles. The lowest BCUT2D eigenvalue weighted by Crippen LogP contribution is -2.42. The van der Waals surface area contributed by atoms with E-state index in [0.29, 0.717) is 11.1 Å². The summed E-state index contributed by atoms with van der Waals surface area (Å²) in [4.78, 5) is 21.8. The number of phenolic OH excluding ortho intramolecular Hbond substituents is 2. The first-order valence-electron chi connectivity index (χ1n) is 8.25. The normalized spacial score (nSPS) is 12.8. The molecule has 0 radical (unpaired) electrons. The maximum atomic E-state index is 11.6. The molecule has 2 unspecified atom stereocenters. The van der Waals surface area contributed by atoms with Crippen LogP contribution in [-0.2, 0) is 12.8 Å². The molecule has 2 atom stereocenters. The van der Waals surface area contributed by atoms with Crippen molar-refractivity contribution in [3.63, 3.8) is 0 Å². The Morgan fingerprint density at radius 1 is 0.821 bits per heavy atom. The number of phenols is 2. The molecule has 2 aromatic carbocycles. The molecule has 28 heavy (non-hydrogen) atoms. The molecule has 150 valence electrons. The molecule has 0 bridgehead atoms. The van der Waals surface area contributed by atoms with E-state index in [-0.39, 0.29) is 35.8 Å². The van der Waals surface area contributed by atoms with Crippen LogP contribution in [0.3, 0.4) is 0 Å². The Hall–Kier alpha value is -3.56. The summed E-state index contributed by atoms with van der Waals surface area (Å²) in [5.41, 5.74) is 0.845. The van der Waals surface area contributed by atoms with Crippen molar-refractivity contribution in [2.24, 2.45) is 0 Å². The van der Waals surface area contributed by atoms with Gasteiger partial charge < -0.3 is 19.7 Å². The van der Waals surface area contributed by atoms with Gasteiger partial charge in [0.25, 0.3) is 12.1 Å². The zero-order valence-corrected chi connectivity index (χ0v) is 15.3. The van der Waals surface area contributed by atoms with Gasteiger partial charge in [0.1, 0.15) is 0 Å². The fourth-order valence-electron chi connectivity index (χ4n) is 2.88. The molecule has 10 heteroatoms. The topological polar surface area (TPSA) is 145 Å². The van der Waals surface area contributed by atoms with E-state index in [2.05, 4.69) is 0 Å². The van der Waals surface area contributed by atoms with E-state index in [0.717, 1.165) is 0 Å². The number of hydrogen-bond donors (Lipinski definition) is 2. The van der Waals surface area contributed by atoms with Crippen LogP contribution in [-0.4, -0.2) is 46.4 Å². The summed E-state index contributed by atoms with van der Waals surface area (Å²) >= 11 is 0. The second-order valence-corrected chi connectivity index (χ2v) is 6.13. The van der Waals surface area contributed by atoms with Gasteiger partial charge in [0.05, 0.1) is 14.2 Å². The number of benzene rings is 2. The van der Waals surface area contributed by atoms with E-state index in [9.17, 15) is 30.4 Å². The number of nitro groups is 2. The molecule has 0 saturated heterocycles. The summed E-state index contributed by atoms with van der Waals surface area (Å²) in [5, 5.41) is 42.5. The second kappa shape index (κ2) is 8.89. The first kappa shape index (κ1) is 20.7. The number of ether oxygens (including phenoxy) is 2. The SMILES string of the molecule is COc1cc(CC(C(Cc2ccc(O)c(OC)c2)[N+](=O)[O-])[N+](=O)[O-])ccc1O. The molecule has 0 aliphatic heterocycles. The fourth-order valence-corrected chi connectivity index (χ4v) is 2.88. The van der Waals surface area contributed by atoms with Crippen LogP contribution in [0.15, 0.2) is 36.4 Å². The lowest BCUT2D eigenvalue weighted by molar-refractivity contribution is -0.616. The molecule has 0 spiro atoms.